The third kappa shape index (κ3) is 6.09. The number of hydrogen-bond donors (Lipinski definition) is 2. The quantitative estimate of drug-likeness (QED) is 0.862. The summed E-state index contributed by atoms with van der Waals surface area (Å²) in [5.74, 6) is -0.0998. The van der Waals surface area contributed by atoms with Crippen LogP contribution in [0.1, 0.15) is 32.3 Å². The highest BCUT2D eigenvalue weighted by Crippen LogP contribution is 2.14. The number of nitrogens with one attached hydrogen (secondary N) is 1. The summed E-state index contributed by atoms with van der Waals surface area (Å²) < 4.78 is 12.9. The van der Waals surface area contributed by atoms with Gasteiger partial charge in [-0.05, 0) is 36.5 Å². The summed E-state index contributed by atoms with van der Waals surface area (Å²) in [5, 5.41) is 3.05. The van der Waals surface area contributed by atoms with Crippen molar-refractivity contribution in [2.75, 3.05) is 13.1 Å². The van der Waals surface area contributed by atoms with Crippen molar-refractivity contribution in [3.8, 4) is 0 Å². The van der Waals surface area contributed by atoms with Crippen molar-refractivity contribution < 1.29 is 9.18 Å². The number of likely N-dealkylation sites (tertiary alicyclic amines) is 1. The Morgan fingerprint density at radius 2 is 1.87 bits per heavy atom. The molecule has 1 aromatic rings. The predicted octanol–water partition coefficient (Wildman–Crippen LogP) is 2.31. The summed E-state index contributed by atoms with van der Waals surface area (Å²) in [6, 6.07) is 6.42. The zero-order valence-electron chi connectivity index (χ0n) is 13.8. The zero-order valence-corrected chi connectivity index (χ0v) is 14.6. The molecule has 0 unspecified atom stereocenters. The molecule has 1 amide bonds. The van der Waals surface area contributed by atoms with E-state index in [1.165, 1.54) is 12.1 Å². The van der Waals surface area contributed by atoms with Gasteiger partial charge in [0.25, 0.3) is 0 Å². The number of amides is 1. The molecule has 6 heteroatoms. The van der Waals surface area contributed by atoms with E-state index in [0.717, 1.165) is 38.0 Å². The smallest absolute Gasteiger partial charge is 0.237 e. The molecule has 0 bridgehead atoms. The summed E-state index contributed by atoms with van der Waals surface area (Å²) in [6.07, 6.45) is 1.86. The lowest BCUT2D eigenvalue weighted by atomic mass is 10.0. The molecule has 1 aromatic carbocycles. The molecule has 1 fully saturated rings. The lowest BCUT2D eigenvalue weighted by Gasteiger charge is -2.33. The van der Waals surface area contributed by atoms with Crippen LogP contribution in [0.3, 0.4) is 0 Å². The van der Waals surface area contributed by atoms with Gasteiger partial charge in [-0.25, -0.2) is 4.39 Å². The van der Waals surface area contributed by atoms with E-state index in [-0.39, 0.29) is 36.1 Å². The van der Waals surface area contributed by atoms with Crippen LogP contribution >= 0.6 is 12.4 Å². The highest BCUT2D eigenvalue weighted by Gasteiger charge is 2.24. The van der Waals surface area contributed by atoms with Gasteiger partial charge >= 0.3 is 0 Å². The van der Waals surface area contributed by atoms with Crippen LogP contribution < -0.4 is 11.1 Å². The summed E-state index contributed by atoms with van der Waals surface area (Å²) in [5.41, 5.74) is 6.98. The number of nitrogens with zero attached hydrogens (tertiary/aromatic N) is 1. The lowest BCUT2D eigenvalue weighted by molar-refractivity contribution is -0.124. The number of carbonyl (C=O) groups excluding carboxylic acids is 1. The molecule has 3 N–H and O–H groups in total. The third-order valence-corrected chi connectivity index (χ3v) is 4.27. The van der Waals surface area contributed by atoms with Crippen LogP contribution in [0.5, 0.6) is 0 Å². The van der Waals surface area contributed by atoms with Crippen molar-refractivity contribution >= 4 is 18.3 Å². The molecular formula is C17H27ClFN3O. The predicted molar refractivity (Wildman–Crippen MR) is 92.9 cm³/mol. The molecule has 23 heavy (non-hydrogen) atoms. The van der Waals surface area contributed by atoms with Crippen molar-refractivity contribution in [1.82, 2.24) is 10.2 Å². The van der Waals surface area contributed by atoms with Crippen LogP contribution in [0.2, 0.25) is 0 Å². The van der Waals surface area contributed by atoms with Gasteiger partial charge in [-0.15, -0.1) is 12.4 Å². The number of carbonyl (C=O) groups is 1. The fourth-order valence-corrected chi connectivity index (χ4v) is 2.68. The van der Waals surface area contributed by atoms with Gasteiger partial charge in [0.1, 0.15) is 5.82 Å². The first-order valence-electron chi connectivity index (χ1n) is 7.98. The van der Waals surface area contributed by atoms with E-state index in [4.69, 9.17) is 5.73 Å². The minimum Gasteiger partial charge on any atom is -0.352 e. The fourth-order valence-electron chi connectivity index (χ4n) is 2.68. The van der Waals surface area contributed by atoms with E-state index < -0.39 is 6.04 Å². The SMILES string of the molecule is CC(C)[C@H](N)C(=O)NC1CCN(Cc2ccc(F)cc2)CC1.Cl. The Morgan fingerprint density at radius 1 is 1.30 bits per heavy atom. The van der Waals surface area contributed by atoms with Gasteiger partial charge in [-0.1, -0.05) is 26.0 Å². The van der Waals surface area contributed by atoms with Crippen LogP contribution in [0.15, 0.2) is 24.3 Å². The third-order valence-electron chi connectivity index (χ3n) is 4.27. The summed E-state index contributed by atoms with van der Waals surface area (Å²) >= 11 is 0. The van der Waals surface area contributed by atoms with Crippen molar-refractivity contribution in [3.05, 3.63) is 35.6 Å². The van der Waals surface area contributed by atoms with E-state index in [2.05, 4.69) is 10.2 Å². The molecule has 0 aromatic heterocycles. The second-order valence-corrected chi connectivity index (χ2v) is 6.46. The standard InChI is InChI=1S/C17H26FN3O.ClH/c1-12(2)16(19)17(22)20-15-7-9-21(10-8-15)11-13-3-5-14(18)6-4-13;/h3-6,12,15-16H,7-11,19H2,1-2H3,(H,20,22);1H/t16-;/m0./s1. The van der Waals surface area contributed by atoms with E-state index in [1.807, 2.05) is 26.0 Å². The largest absolute Gasteiger partial charge is 0.352 e. The zero-order chi connectivity index (χ0) is 16.1. The highest BCUT2D eigenvalue weighted by molar-refractivity contribution is 5.85. The van der Waals surface area contributed by atoms with Gasteiger partial charge < -0.3 is 11.1 Å². The van der Waals surface area contributed by atoms with Crippen molar-refractivity contribution in [2.45, 2.75) is 45.3 Å². The molecule has 1 saturated heterocycles. The van der Waals surface area contributed by atoms with Crippen molar-refractivity contribution in [1.29, 1.82) is 0 Å². The molecule has 0 saturated carbocycles. The minimum atomic E-state index is -0.433. The van der Waals surface area contributed by atoms with Crippen molar-refractivity contribution in [2.24, 2.45) is 11.7 Å². The fraction of sp³-hybridized carbons (Fsp3) is 0.588. The maximum Gasteiger partial charge on any atom is 0.237 e. The molecule has 1 aliphatic rings. The number of piperidine rings is 1. The van der Waals surface area contributed by atoms with E-state index >= 15 is 0 Å². The number of hydrogen-bond acceptors (Lipinski definition) is 3. The number of halogens is 2. The molecule has 1 aliphatic heterocycles. The first-order valence-corrected chi connectivity index (χ1v) is 7.98. The van der Waals surface area contributed by atoms with Gasteiger partial charge in [0, 0.05) is 25.7 Å². The van der Waals surface area contributed by atoms with Crippen LogP contribution in [-0.4, -0.2) is 36.0 Å². The van der Waals surface area contributed by atoms with Gasteiger partial charge in [0.15, 0.2) is 0 Å². The normalized spacial score (nSPS) is 17.6. The van der Waals surface area contributed by atoms with Gasteiger partial charge in [-0.2, -0.15) is 0 Å². The number of benzene rings is 1. The van der Waals surface area contributed by atoms with Gasteiger partial charge in [0.2, 0.25) is 5.91 Å². The maximum atomic E-state index is 12.9. The molecule has 1 atom stereocenters. The van der Waals surface area contributed by atoms with Crippen LogP contribution in [0, 0.1) is 11.7 Å². The molecule has 1 heterocycles. The topological polar surface area (TPSA) is 58.4 Å². The van der Waals surface area contributed by atoms with Crippen LogP contribution in [0.4, 0.5) is 4.39 Å². The van der Waals surface area contributed by atoms with E-state index in [9.17, 15) is 9.18 Å². The Kier molecular flexibility index (Phi) is 7.95. The molecule has 130 valence electrons. The molecule has 4 nitrogen and oxygen atoms in total. The molecule has 0 spiro atoms. The molecular weight excluding hydrogens is 317 g/mol. The maximum absolute atomic E-state index is 12.9. The Bertz CT molecular complexity index is 487. The Hall–Kier alpha value is -1.17. The van der Waals surface area contributed by atoms with E-state index in [0.29, 0.717) is 0 Å². The van der Waals surface area contributed by atoms with Gasteiger partial charge in [0.05, 0.1) is 6.04 Å². The number of rotatable bonds is 5. The first kappa shape index (κ1) is 19.9. The molecule has 0 aliphatic carbocycles. The van der Waals surface area contributed by atoms with Crippen LogP contribution in [-0.2, 0) is 11.3 Å². The van der Waals surface area contributed by atoms with Crippen molar-refractivity contribution in [3.63, 3.8) is 0 Å². The molecule has 2 rings (SSSR count). The second-order valence-electron chi connectivity index (χ2n) is 6.46. The Labute approximate surface area is 144 Å². The average molecular weight is 344 g/mol. The number of nitrogens with two attached hydrogens (primary N) is 1. The summed E-state index contributed by atoms with van der Waals surface area (Å²) in [6.45, 7) is 6.59. The van der Waals surface area contributed by atoms with Crippen LogP contribution in [0.25, 0.3) is 0 Å². The summed E-state index contributed by atoms with van der Waals surface area (Å²) in [7, 11) is 0. The monoisotopic (exact) mass is 343 g/mol. The average Bonchev–Trinajstić information content (AvgIpc) is 2.50. The highest BCUT2D eigenvalue weighted by atomic mass is 35.5. The lowest BCUT2D eigenvalue weighted by Crippen LogP contribution is -2.51. The minimum absolute atomic E-state index is 0. The Balaban J connectivity index is 0.00000264. The molecule has 0 radical (unpaired) electrons. The summed E-state index contributed by atoms with van der Waals surface area (Å²) in [4.78, 5) is 14.3. The van der Waals surface area contributed by atoms with E-state index in [1.54, 1.807) is 0 Å². The second kappa shape index (κ2) is 9.21. The Morgan fingerprint density at radius 3 is 2.39 bits per heavy atom. The van der Waals surface area contributed by atoms with Gasteiger partial charge in [-0.3, -0.25) is 9.69 Å². The first-order chi connectivity index (χ1) is 10.5.